The monoisotopic (exact) mass is 382 g/mol. The first-order chi connectivity index (χ1) is 11.7. The topological polar surface area (TPSA) is 85.4 Å². The first-order valence-electron chi connectivity index (χ1n) is 7.45. The molecule has 1 atom stereocenters. The van der Waals surface area contributed by atoms with Crippen LogP contribution in [-0.4, -0.2) is 26.5 Å². The molecule has 25 heavy (non-hydrogen) atoms. The molecular formula is C17H19ClN2O4S. The minimum atomic E-state index is -3.94. The number of aromatic nitrogens is 1. The van der Waals surface area contributed by atoms with Crippen molar-refractivity contribution in [3.8, 4) is 0 Å². The summed E-state index contributed by atoms with van der Waals surface area (Å²) in [5.41, 5.74) is -0.580. The Bertz CT molecular complexity index is 837. The molecule has 1 aromatic carbocycles. The van der Waals surface area contributed by atoms with Crippen LogP contribution in [0.5, 0.6) is 0 Å². The van der Waals surface area contributed by atoms with Gasteiger partial charge in [0.15, 0.2) is 5.03 Å². The molecule has 2 aromatic rings. The summed E-state index contributed by atoms with van der Waals surface area (Å²) in [6, 6.07) is 10.3. The van der Waals surface area contributed by atoms with E-state index in [1.165, 1.54) is 19.4 Å². The molecule has 0 unspecified atom stereocenters. The number of esters is 1. The average molecular weight is 383 g/mol. The van der Waals surface area contributed by atoms with Gasteiger partial charge in [-0.15, -0.1) is 0 Å². The van der Waals surface area contributed by atoms with Gasteiger partial charge in [-0.25, -0.2) is 18.1 Å². The van der Waals surface area contributed by atoms with Gasteiger partial charge in [0.2, 0.25) is 0 Å². The van der Waals surface area contributed by atoms with Gasteiger partial charge in [0.1, 0.15) is 0 Å². The van der Waals surface area contributed by atoms with Crippen LogP contribution < -0.4 is 4.72 Å². The SMILES string of the molecule is COC(=O)C(C)(C)[C@H](NS(=O)(=O)c1ccccn1)c1ccc(Cl)cc1. The van der Waals surface area contributed by atoms with Crippen molar-refractivity contribution >= 4 is 27.6 Å². The summed E-state index contributed by atoms with van der Waals surface area (Å²) in [6.45, 7) is 3.22. The molecule has 134 valence electrons. The second kappa shape index (κ2) is 7.51. The second-order valence-corrected chi connectivity index (χ2v) is 8.08. The Labute approximate surface area is 152 Å². The smallest absolute Gasteiger partial charge is 0.313 e. The number of pyridine rings is 1. The van der Waals surface area contributed by atoms with Gasteiger partial charge in [0.25, 0.3) is 10.0 Å². The number of hydrogen-bond donors (Lipinski definition) is 1. The number of nitrogens with one attached hydrogen (secondary N) is 1. The molecule has 0 radical (unpaired) electrons. The number of ether oxygens (including phenoxy) is 1. The summed E-state index contributed by atoms with van der Waals surface area (Å²) in [5.74, 6) is -0.545. The van der Waals surface area contributed by atoms with E-state index in [1.54, 1.807) is 50.2 Å². The van der Waals surface area contributed by atoms with Gasteiger partial charge in [0, 0.05) is 11.2 Å². The Balaban J connectivity index is 2.49. The number of methoxy groups -OCH3 is 1. The van der Waals surface area contributed by atoms with E-state index in [4.69, 9.17) is 16.3 Å². The van der Waals surface area contributed by atoms with E-state index in [1.807, 2.05) is 0 Å². The van der Waals surface area contributed by atoms with Crippen molar-refractivity contribution < 1.29 is 17.9 Å². The maximum Gasteiger partial charge on any atom is 0.313 e. The highest BCUT2D eigenvalue weighted by atomic mass is 35.5. The van der Waals surface area contributed by atoms with Crippen molar-refractivity contribution in [2.45, 2.75) is 24.9 Å². The van der Waals surface area contributed by atoms with Gasteiger partial charge >= 0.3 is 5.97 Å². The van der Waals surface area contributed by atoms with Crippen LogP contribution in [0.3, 0.4) is 0 Å². The van der Waals surface area contributed by atoms with Gasteiger partial charge in [0.05, 0.1) is 18.6 Å². The van der Waals surface area contributed by atoms with E-state index < -0.39 is 27.4 Å². The summed E-state index contributed by atoms with van der Waals surface area (Å²) in [5, 5.41) is 0.376. The molecule has 2 rings (SSSR count). The van der Waals surface area contributed by atoms with Crippen molar-refractivity contribution in [2.24, 2.45) is 5.41 Å². The lowest BCUT2D eigenvalue weighted by atomic mass is 9.81. The van der Waals surface area contributed by atoms with Crippen LogP contribution >= 0.6 is 11.6 Å². The standard InChI is InChI=1S/C17H19ClN2O4S/c1-17(2,16(21)24-3)15(12-7-9-13(18)10-8-12)20-25(22,23)14-6-4-5-11-19-14/h4-11,15,20H,1-3H3/t15-/m1/s1. The highest BCUT2D eigenvalue weighted by Crippen LogP contribution is 2.36. The number of rotatable bonds is 6. The molecule has 0 aliphatic heterocycles. The molecule has 0 saturated carbocycles. The Kier molecular flexibility index (Phi) is 5.82. The van der Waals surface area contributed by atoms with Crippen LogP contribution in [-0.2, 0) is 19.6 Å². The fourth-order valence-corrected chi connectivity index (χ4v) is 3.83. The number of hydrogen-bond acceptors (Lipinski definition) is 5. The van der Waals surface area contributed by atoms with Crippen LogP contribution in [0, 0.1) is 5.41 Å². The minimum Gasteiger partial charge on any atom is -0.469 e. The van der Waals surface area contributed by atoms with E-state index in [0.717, 1.165) is 0 Å². The molecule has 6 nitrogen and oxygen atoms in total. The van der Waals surface area contributed by atoms with Gasteiger partial charge in [-0.1, -0.05) is 29.8 Å². The second-order valence-electron chi connectivity index (χ2n) is 5.99. The highest BCUT2D eigenvalue weighted by Gasteiger charge is 2.41. The molecule has 0 aliphatic rings. The number of benzene rings is 1. The third-order valence-electron chi connectivity index (χ3n) is 3.82. The van der Waals surface area contributed by atoms with Crippen LogP contribution in [0.2, 0.25) is 5.02 Å². The van der Waals surface area contributed by atoms with Crippen molar-refractivity contribution in [2.75, 3.05) is 7.11 Å². The molecule has 0 aliphatic carbocycles. The van der Waals surface area contributed by atoms with Crippen LogP contribution in [0.25, 0.3) is 0 Å². The number of halogens is 1. The Morgan fingerprint density at radius 3 is 2.36 bits per heavy atom. The van der Waals surface area contributed by atoms with Crippen molar-refractivity contribution in [1.82, 2.24) is 9.71 Å². The van der Waals surface area contributed by atoms with E-state index in [9.17, 15) is 13.2 Å². The molecular weight excluding hydrogens is 364 g/mol. The predicted octanol–water partition coefficient (Wildman–Crippen LogP) is 2.95. The molecule has 1 heterocycles. The first kappa shape index (κ1) is 19.4. The summed E-state index contributed by atoms with van der Waals surface area (Å²) >= 11 is 5.91. The largest absolute Gasteiger partial charge is 0.469 e. The molecule has 0 fully saturated rings. The molecule has 0 bridgehead atoms. The van der Waals surface area contributed by atoms with Gasteiger partial charge < -0.3 is 4.74 Å². The maximum atomic E-state index is 12.7. The van der Waals surface area contributed by atoms with E-state index in [-0.39, 0.29) is 5.03 Å². The van der Waals surface area contributed by atoms with Crippen molar-refractivity contribution in [3.63, 3.8) is 0 Å². The third-order valence-corrected chi connectivity index (χ3v) is 5.41. The van der Waals surface area contributed by atoms with Crippen molar-refractivity contribution in [3.05, 3.63) is 59.2 Å². The van der Waals surface area contributed by atoms with Gasteiger partial charge in [-0.3, -0.25) is 4.79 Å². The maximum absolute atomic E-state index is 12.7. The minimum absolute atomic E-state index is 0.130. The average Bonchev–Trinajstić information content (AvgIpc) is 2.60. The third kappa shape index (κ3) is 4.36. The predicted molar refractivity (Wildman–Crippen MR) is 94.5 cm³/mol. The van der Waals surface area contributed by atoms with E-state index >= 15 is 0 Å². The van der Waals surface area contributed by atoms with Crippen LogP contribution in [0.1, 0.15) is 25.5 Å². The number of carbonyl (C=O) groups is 1. The number of nitrogens with zero attached hydrogens (tertiary/aromatic N) is 1. The van der Waals surface area contributed by atoms with Gasteiger partial charge in [-0.05, 0) is 43.7 Å². The molecule has 1 aromatic heterocycles. The molecule has 0 saturated heterocycles. The fraction of sp³-hybridized carbons (Fsp3) is 0.294. The lowest BCUT2D eigenvalue weighted by Crippen LogP contribution is -2.43. The summed E-state index contributed by atoms with van der Waals surface area (Å²) < 4.78 is 32.8. The normalized spacial score (nSPS) is 13.3. The zero-order chi connectivity index (χ0) is 18.7. The summed E-state index contributed by atoms with van der Waals surface area (Å²) in [4.78, 5) is 16.1. The first-order valence-corrected chi connectivity index (χ1v) is 9.32. The highest BCUT2D eigenvalue weighted by molar-refractivity contribution is 7.89. The van der Waals surface area contributed by atoms with E-state index in [0.29, 0.717) is 10.6 Å². The molecule has 0 amide bonds. The van der Waals surface area contributed by atoms with Crippen LogP contribution in [0.4, 0.5) is 0 Å². The zero-order valence-electron chi connectivity index (χ0n) is 14.1. The number of carbonyl (C=O) groups excluding carboxylic acids is 1. The lowest BCUT2D eigenvalue weighted by Gasteiger charge is -2.32. The van der Waals surface area contributed by atoms with E-state index in [2.05, 4.69) is 9.71 Å². The molecule has 8 heteroatoms. The Morgan fingerprint density at radius 1 is 1.20 bits per heavy atom. The Hall–Kier alpha value is -1.96. The zero-order valence-corrected chi connectivity index (χ0v) is 15.6. The molecule has 1 N–H and O–H groups in total. The van der Waals surface area contributed by atoms with Gasteiger partial charge in [-0.2, -0.15) is 0 Å². The number of sulfonamides is 1. The molecule has 0 spiro atoms. The fourth-order valence-electron chi connectivity index (χ4n) is 2.39. The Morgan fingerprint density at radius 2 is 1.84 bits per heavy atom. The van der Waals surface area contributed by atoms with Crippen LogP contribution in [0.15, 0.2) is 53.7 Å². The quantitative estimate of drug-likeness (QED) is 0.776. The summed E-state index contributed by atoms with van der Waals surface area (Å²) in [6.07, 6.45) is 1.39. The van der Waals surface area contributed by atoms with Crippen molar-refractivity contribution in [1.29, 1.82) is 0 Å². The lowest BCUT2D eigenvalue weighted by molar-refractivity contribution is -0.152. The summed E-state index contributed by atoms with van der Waals surface area (Å²) in [7, 11) is -2.68.